The second-order valence-electron chi connectivity index (χ2n) is 5.48. The summed E-state index contributed by atoms with van der Waals surface area (Å²) in [5, 5.41) is 0. The first-order valence-corrected chi connectivity index (χ1v) is 7.65. The number of ether oxygens (including phenoxy) is 1. The third-order valence-electron chi connectivity index (χ3n) is 3.95. The van der Waals surface area contributed by atoms with E-state index in [2.05, 4.69) is 5.48 Å². The molecule has 1 aromatic rings. The Bertz CT molecular complexity index is 652. The third-order valence-corrected chi connectivity index (χ3v) is 3.95. The van der Waals surface area contributed by atoms with E-state index in [1.54, 1.807) is 6.92 Å². The van der Waals surface area contributed by atoms with Crippen molar-refractivity contribution in [2.24, 2.45) is 0 Å². The summed E-state index contributed by atoms with van der Waals surface area (Å²) in [6.07, 6.45) is 1.68. The van der Waals surface area contributed by atoms with Crippen molar-refractivity contribution in [3.63, 3.8) is 0 Å². The van der Waals surface area contributed by atoms with Crippen LogP contribution in [0.3, 0.4) is 0 Å². The third kappa shape index (κ3) is 2.97. The first kappa shape index (κ1) is 15.6. The Morgan fingerprint density at radius 2 is 2.13 bits per heavy atom. The Morgan fingerprint density at radius 3 is 2.83 bits per heavy atom. The number of imide groups is 1. The van der Waals surface area contributed by atoms with E-state index in [1.165, 1.54) is 23.1 Å². The lowest BCUT2D eigenvalue weighted by Gasteiger charge is -2.17. The number of carbonyl (C=O) groups is 3. The van der Waals surface area contributed by atoms with Gasteiger partial charge in [0, 0.05) is 12.2 Å². The largest absolute Gasteiger partial charge is 0.376 e. The highest BCUT2D eigenvalue weighted by Gasteiger charge is 2.37. The van der Waals surface area contributed by atoms with E-state index in [4.69, 9.17) is 9.57 Å². The molecule has 2 heterocycles. The molecule has 1 unspecified atom stereocenters. The van der Waals surface area contributed by atoms with Crippen LogP contribution in [0.5, 0.6) is 0 Å². The summed E-state index contributed by atoms with van der Waals surface area (Å²) in [5.74, 6) is -1.17. The van der Waals surface area contributed by atoms with Gasteiger partial charge in [-0.3, -0.25) is 24.1 Å². The number of fused-ring (bicyclic) bond motifs is 1. The van der Waals surface area contributed by atoms with Crippen LogP contribution in [0.25, 0.3) is 0 Å². The average Bonchev–Trinajstić information content (AvgIpc) is 3.15. The highest BCUT2D eigenvalue weighted by molar-refractivity contribution is 6.22. The number of carbonyl (C=O) groups excluding carboxylic acids is 3. The van der Waals surface area contributed by atoms with Gasteiger partial charge in [0.1, 0.15) is 0 Å². The molecular formula is C16H18N2O5. The number of rotatable bonds is 5. The first-order valence-electron chi connectivity index (χ1n) is 7.65. The summed E-state index contributed by atoms with van der Waals surface area (Å²) in [4.78, 5) is 42.8. The molecule has 0 saturated carbocycles. The van der Waals surface area contributed by atoms with E-state index in [0.717, 1.165) is 12.8 Å². The average molecular weight is 318 g/mol. The number of hydrogen-bond donors (Lipinski definition) is 1. The quantitative estimate of drug-likeness (QED) is 0.650. The maximum Gasteiger partial charge on any atom is 0.274 e. The highest BCUT2D eigenvalue weighted by atomic mass is 16.6. The van der Waals surface area contributed by atoms with Crippen LogP contribution in [0.1, 0.15) is 50.8 Å². The van der Waals surface area contributed by atoms with Crippen molar-refractivity contribution in [1.82, 2.24) is 10.4 Å². The van der Waals surface area contributed by atoms with Crippen molar-refractivity contribution >= 4 is 17.7 Å². The minimum atomic E-state index is -0.451. The van der Waals surface area contributed by atoms with Crippen molar-refractivity contribution in [2.75, 3.05) is 19.8 Å². The van der Waals surface area contributed by atoms with Crippen LogP contribution in [0, 0.1) is 0 Å². The summed E-state index contributed by atoms with van der Waals surface area (Å²) in [5.41, 5.74) is 3.11. The smallest absolute Gasteiger partial charge is 0.274 e. The molecule has 7 nitrogen and oxygen atoms in total. The van der Waals surface area contributed by atoms with E-state index in [1.807, 2.05) is 0 Å². The van der Waals surface area contributed by atoms with Gasteiger partial charge in [0.2, 0.25) is 0 Å². The lowest BCUT2D eigenvalue weighted by Crippen LogP contribution is -2.36. The molecule has 0 aromatic heterocycles. The van der Waals surface area contributed by atoms with Gasteiger partial charge >= 0.3 is 0 Å². The zero-order chi connectivity index (χ0) is 16.4. The van der Waals surface area contributed by atoms with Crippen molar-refractivity contribution < 1.29 is 24.0 Å². The van der Waals surface area contributed by atoms with Gasteiger partial charge in [0.15, 0.2) is 0 Å². The van der Waals surface area contributed by atoms with Crippen LogP contribution in [0.15, 0.2) is 18.2 Å². The molecular weight excluding hydrogens is 300 g/mol. The molecule has 1 atom stereocenters. The summed E-state index contributed by atoms with van der Waals surface area (Å²) in [6, 6.07) is 4.44. The molecule has 122 valence electrons. The fourth-order valence-electron chi connectivity index (χ4n) is 2.79. The van der Waals surface area contributed by atoms with Gasteiger partial charge in [-0.25, -0.2) is 5.48 Å². The molecule has 0 aliphatic carbocycles. The minimum Gasteiger partial charge on any atom is -0.376 e. The van der Waals surface area contributed by atoms with E-state index in [-0.39, 0.29) is 35.6 Å². The Hall–Kier alpha value is -2.25. The van der Waals surface area contributed by atoms with Gasteiger partial charge < -0.3 is 4.74 Å². The van der Waals surface area contributed by atoms with Crippen molar-refractivity contribution in [3.05, 3.63) is 34.9 Å². The Kier molecular flexibility index (Phi) is 4.40. The predicted molar refractivity (Wildman–Crippen MR) is 79.9 cm³/mol. The molecule has 2 aliphatic rings. The molecule has 1 aromatic carbocycles. The predicted octanol–water partition coefficient (Wildman–Crippen LogP) is 1.14. The molecule has 0 radical (unpaired) electrons. The summed E-state index contributed by atoms with van der Waals surface area (Å²) < 4.78 is 5.49. The summed E-state index contributed by atoms with van der Waals surface area (Å²) >= 11 is 0. The number of benzene rings is 1. The normalized spacial score (nSPS) is 20.0. The van der Waals surface area contributed by atoms with E-state index in [9.17, 15) is 14.4 Å². The molecule has 23 heavy (non-hydrogen) atoms. The topological polar surface area (TPSA) is 84.9 Å². The van der Waals surface area contributed by atoms with Gasteiger partial charge in [0.05, 0.1) is 30.4 Å². The van der Waals surface area contributed by atoms with Gasteiger partial charge in [-0.15, -0.1) is 0 Å². The highest BCUT2D eigenvalue weighted by Crippen LogP contribution is 2.26. The zero-order valence-electron chi connectivity index (χ0n) is 12.8. The molecule has 0 bridgehead atoms. The first-order chi connectivity index (χ1) is 11.1. The lowest BCUT2D eigenvalue weighted by molar-refractivity contribution is 0.0364. The molecule has 3 rings (SSSR count). The molecule has 1 fully saturated rings. The number of hydrogen-bond acceptors (Lipinski definition) is 5. The fraction of sp³-hybridized carbons (Fsp3) is 0.438. The second kappa shape index (κ2) is 6.47. The maximum absolute atomic E-state index is 12.5. The van der Waals surface area contributed by atoms with Crippen LogP contribution in [0.2, 0.25) is 0 Å². The Labute approximate surface area is 133 Å². The van der Waals surface area contributed by atoms with Crippen molar-refractivity contribution in [2.45, 2.75) is 25.9 Å². The summed E-state index contributed by atoms with van der Waals surface area (Å²) in [7, 11) is 0. The fourth-order valence-corrected chi connectivity index (χ4v) is 2.79. The molecule has 7 heteroatoms. The van der Waals surface area contributed by atoms with E-state index in [0.29, 0.717) is 18.8 Å². The second-order valence-corrected chi connectivity index (χ2v) is 5.48. The molecule has 2 aliphatic heterocycles. The van der Waals surface area contributed by atoms with Crippen molar-refractivity contribution in [1.29, 1.82) is 0 Å². The minimum absolute atomic E-state index is 0.0991. The number of hydroxylamine groups is 1. The van der Waals surface area contributed by atoms with E-state index < -0.39 is 5.91 Å². The van der Waals surface area contributed by atoms with Gasteiger partial charge in [-0.2, -0.15) is 0 Å². The molecule has 1 saturated heterocycles. The van der Waals surface area contributed by atoms with Gasteiger partial charge in [-0.1, -0.05) is 0 Å². The van der Waals surface area contributed by atoms with Crippen LogP contribution in [-0.2, 0) is 9.57 Å². The van der Waals surface area contributed by atoms with Gasteiger partial charge in [-0.05, 0) is 38.0 Å². The maximum atomic E-state index is 12.5. The molecule has 3 amide bonds. The Morgan fingerprint density at radius 1 is 1.35 bits per heavy atom. The monoisotopic (exact) mass is 318 g/mol. The SMILES string of the molecule is CCONC(=O)c1ccc2c(c1)C(=O)N(CC1CCCO1)C2=O. The molecule has 1 N–H and O–H groups in total. The van der Waals surface area contributed by atoms with Crippen LogP contribution in [-0.4, -0.2) is 48.5 Å². The standard InChI is InChI=1S/C16H18N2O5/c1-2-23-17-14(19)10-5-6-12-13(8-10)16(21)18(15(12)20)9-11-4-3-7-22-11/h5-6,8,11H,2-4,7,9H2,1H3,(H,17,19). The number of amides is 3. The zero-order valence-corrected chi connectivity index (χ0v) is 12.8. The Balaban J connectivity index is 1.79. The van der Waals surface area contributed by atoms with Crippen LogP contribution >= 0.6 is 0 Å². The van der Waals surface area contributed by atoms with Crippen LogP contribution < -0.4 is 5.48 Å². The summed E-state index contributed by atoms with van der Waals surface area (Å²) in [6.45, 7) is 3.00. The van der Waals surface area contributed by atoms with Crippen molar-refractivity contribution in [3.8, 4) is 0 Å². The van der Waals surface area contributed by atoms with E-state index >= 15 is 0 Å². The van der Waals surface area contributed by atoms with Gasteiger partial charge in [0.25, 0.3) is 17.7 Å². The number of nitrogens with one attached hydrogen (secondary N) is 1. The molecule has 0 spiro atoms. The number of nitrogens with zero attached hydrogens (tertiary/aromatic N) is 1. The van der Waals surface area contributed by atoms with Crippen LogP contribution in [0.4, 0.5) is 0 Å². The lowest BCUT2D eigenvalue weighted by atomic mass is 10.1.